The van der Waals surface area contributed by atoms with Gasteiger partial charge in [0.05, 0.1) is 25.5 Å². The molecule has 0 radical (unpaired) electrons. The molecule has 0 spiro atoms. The van der Waals surface area contributed by atoms with Crippen LogP contribution in [0.1, 0.15) is 49.4 Å². The number of ether oxygens (including phenoxy) is 5. The molecule has 3 heterocycles. The van der Waals surface area contributed by atoms with Crippen molar-refractivity contribution >= 4 is 16.9 Å². The van der Waals surface area contributed by atoms with Gasteiger partial charge in [0.25, 0.3) is 5.56 Å². The fourth-order valence-corrected chi connectivity index (χ4v) is 6.91. The van der Waals surface area contributed by atoms with Gasteiger partial charge in [0, 0.05) is 18.7 Å². The summed E-state index contributed by atoms with van der Waals surface area (Å²) in [5.74, 6) is 0.0663. The lowest BCUT2D eigenvalue weighted by molar-refractivity contribution is -0.195. The number of hydrogen-bond acceptors (Lipinski definition) is 9. The smallest absolute Gasteiger partial charge is 0.330 e. The van der Waals surface area contributed by atoms with Crippen LogP contribution in [0.4, 0.5) is 0 Å². The Morgan fingerprint density at radius 2 is 1.50 bits per heavy atom. The number of nitrogens with one attached hydrogen (secondary N) is 1. The predicted octanol–water partition coefficient (Wildman–Crippen LogP) is 4.75. The van der Waals surface area contributed by atoms with Crippen LogP contribution in [0.5, 0.6) is 5.75 Å². The normalized spacial score (nSPS) is 22.0. The number of hydrogen-bond donors (Lipinski definition) is 1. The van der Waals surface area contributed by atoms with E-state index < -0.39 is 47.2 Å². The molecule has 2 saturated heterocycles. The minimum Gasteiger partial charge on any atom is -0.497 e. The Morgan fingerprint density at radius 3 is 2.09 bits per heavy atom. The van der Waals surface area contributed by atoms with Crippen molar-refractivity contribution in [3.05, 3.63) is 134 Å². The van der Waals surface area contributed by atoms with E-state index in [2.05, 4.69) is 4.98 Å². The summed E-state index contributed by atoms with van der Waals surface area (Å²) in [6.45, 7) is 4.92. The van der Waals surface area contributed by atoms with E-state index in [-0.39, 0.29) is 17.4 Å². The van der Waals surface area contributed by atoms with Crippen molar-refractivity contribution in [2.75, 3.05) is 12.9 Å². The van der Waals surface area contributed by atoms with E-state index in [1.807, 2.05) is 84.9 Å². The maximum atomic E-state index is 13.6. The summed E-state index contributed by atoms with van der Waals surface area (Å²) in [5.41, 5.74) is 0.407. The fraction of sp³-hybridized carbons (Fsp3) is 0.343. The second-order valence-corrected chi connectivity index (χ2v) is 12.9. The summed E-state index contributed by atoms with van der Waals surface area (Å²) in [6.07, 6.45) is -2.70. The van der Waals surface area contributed by atoms with Gasteiger partial charge in [0.2, 0.25) is 0 Å². The number of carbonyl (C=O) groups excluding carboxylic acids is 1. The summed E-state index contributed by atoms with van der Waals surface area (Å²) in [6, 6.07) is 28.5. The van der Waals surface area contributed by atoms with Crippen LogP contribution in [0.2, 0.25) is 0 Å². The summed E-state index contributed by atoms with van der Waals surface area (Å²) < 4.78 is 32.6. The van der Waals surface area contributed by atoms with Crippen LogP contribution in [0.25, 0.3) is 0 Å². The highest BCUT2D eigenvalue weighted by atomic mass is 32.2. The maximum absolute atomic E-state index is 13.6. The lowest BCUT2D eigenvalue weighted by atomic mass is 9.80. The molecule has 2 aliphatic rings. The van der Waals surface area contributed by atoms with Crippen LogP contribution < -0.4 is 16.0 Å². The minimum absolute atomic E-state index is 0.0613. The van der Waals surface area contributed by atoms with Gasteiger partial charge in [-0.3, -0.25) is 19.1 Å². The predicted molar refractivity (Wildman–Crippen MR) is 173 cm³/mol. The van der Waals surface area contributed by atoms with Crippen LogP contribution in [-0.4, -0.2) is 51.6 Å². The Hall–Kier alpha value is -4.00. The minimum atomic E-state index is -1.15. The molecule has 6 rings (SSSR count). The van der Waals surface area contributed by atoms with E-state index in [4.69, 9.17) is 23.7 Å². The molecule has 4 aromatic rings. The molecule has 2 aliphatic heterocycles. The summed E-state index contributed by atoms with van der Waals surface area (Å²) in [5, 5.41) is -0.0613. The van der Waals surface area contributed by atoms with Crippen molar-refractivity contribution in [2.45, 2.75) is 63.3 Å². The van der Waals surface area contributed by atoms with Gasteiger partial charge in [0.1, 0.15) is 23.6 Å². The molecule has 0 amide bonds. The molecule has 46 heavy (non-hydrogen) atoms. The first-order chi connectivity index (χ1) is 22.1. The topological polar surface area (TPSA) is 118 Å². The molecule has 3 aromatic carbocycles. The number of aromatic amines is 1. The first-order valence-electron chi connectivity index (χ1n) is 15.0. The van der Waals surface area contributed by atoms with Crippen molar-refractivity contribution in [1.29, 1.82) is 0 Å². The van der Waals surface area contributed by atoms with Gasteiger partial charge in [-0.15, -0.1) is 0 Å². The lowest BCUT2D eigenvalue weighted by Gasteiger charge is -2.36. The van der Waals surface area contributed by atoms with E-state index in [9.17, 15) is 14.4 Å². The van der Waals surface area contributed by atoms with Gasteiger partial charge in [-0.1, -0.05) is 84.6 Å². The van der Waals surface area contributed by atoms with Crippen LogP contribution in [-0.2, 0) is 35.9 Å². The number of thioether (sulfide) groups is 1. The number of methoxy groups -OCH3 is 1. The summed E-state index contributed by atoms with van der Waals surface area (Å²) in [7, 11) is 1.61. The molecule has 0 unspecified atom stereocenters. The number of fused-ring (bicyclic) bond motifs is 1. The zero-order chi connectivity index (χ0) is 32.5. The quantitative estimate of drug-likeness (QED) is 0.244. The van der Waals surface area contributed by atoms with E-state index in [0.29, 0.717) is 11.5 Å². The highest BCUT2D eigenvalue weighted by Gasteiger charge is 2.56. The Morgan fingerprint density at radius 1 is 0.913 bits per heavy atom. The highest BCUT2D eigenvalue weighted by Crippen LogP contribution is 2.45. The van der Waals surface area contributed by atoms with Crippen molar-refractivity contribution in [3.63, 3.8) is 0 Å². The van der Waals surface area contributed by atoms with Crippen molar-refractivity contribution in [1.82, 2.24) is 9.55 Å². The van der Waals surface area contributed by atoms with Crippen LogP contribution in [0.15, 0.2) is 101 Å². The van der Waals surface area contributed by atoms with Gasteiger partial charge in [-0.2, -0.15) is 0 Å². The van der Waals surface area contributed by atoms with Crippen LogP contribution >= 0.6 is 11.8 Å². The Balaban J connectivity index is 1.45. The molecular formula is C35H36N2O8S. The van der Waals surface area contributed by atoms with E-state index in [1.165, 1.54) is 17.6 Å². The summed E-state index contributed by atoms with van der Waals surface area (Å²) in [4.78, 5) is 40.5. The number of benzene rings is 3. The fourth-order valence-electron chi connectivity index (χ4n) is 6.25. The monoisotopic (exact) mass is 644 g/mol. The highest BCUT2D eigenvalue weighted by molar-refractivity contribution is 8.13. The van der Waals surface area contributed by atoms with E-state index in [0.717, 1.165) is 28.5 Å². The molecule has 11 heteroatoms. The number of aromatic nitrogens is 2. The third kappa shape index (κ3) is 6.21. The second kappa shape index (κ2) is 13.0. The first kappa shape index (κ1) is 32.0. The standard InChI is InChI=1S/C35H36N2O8S/c1-22(38)46-21-28-30-31(45-34(2,3)44-30)32(43-28)37-26(19-29(39)36-33(37)40)20-42-35(23-11-7-5-8-12-23,24-13-9-6-10-14-24)25-15-17-27(41-4)18-16-25/h5-19,28,30-32H,20-21H2,1-4H3,(H,36,39,40)/t28-,30-,31-,32-/m1/s1. The zero-order valence-electron chi connectivity index (χ0n) is 26.0. The molecule has 10 nitrogen and oxygen atoms in total. The number of rotatable bonds is 10. The van der Waals surface area contributed by atoms with Gasteiger partial charge in [-0.05, 0) is 42.7 Å². The van der Waals surface area contributed by atoms with Crippen LogP contribution in [0, 0.1) is 0 Å². The largest absolute Gasteiger partial charge is 0.497 e. The van der Waals surface area contributed by atoms with Gasteiger partial charge in [0.15, 0.2) is 17.1 Å². The average molecular weight is 645 g/mol. The van der Waals surface area contributed by atoms with Crippen molar-refractivity contribution in [3.8, 4) is 5.75 Å². The third-order valence-electron chi connectivity index (χ3n) is 8.18. The Labute approximate surface area is 270 Å². The molecule has 2 fully saturated rings. The molecule has 4 atom stereocenters. The van der Waals surface area contributed by atoms with Crippen molar-refractivity contribution in [2.24, 2.45) is 0 Å². The first-order valence-corrected chi connectivity index (χ1v) is 16.0. The molecule has 240 valence electrons. The molecule has 1 aromatic heterocycles. The third-order valence-corrected chi connectivity index (χ3v) is 9.08. The van der Waals surface area contributed by atoms with Gasteiger partial charge in [-0.25, -0.2) is 4.79 Å². The average Bonchev–Trinajstić information content (AvgIpc) is 3.54. The Bertz CT molecular complexity index is 1750. The SMILES string of the molecule is COc1ccc(C(OCc2cc(=O)[nH]c(=O)n2[C@@H]2O[C@H](CSC(C)=O)[C@H]3OC(C)(C)O[C@H]32)(c2ccccc2)c2ccccc2)cc1. The zero-order valence-corrected chi connectivity index (χ0v) is 26.8. The second-order valence-electron chi connectivity index (χ2n) is 11.7. The molecule has 0 aliphatic carbocycles. The number of carbonyl (C=O) groups is 1. The number of H-pyrrole nitrogens is 1. The van der Waals surface area contributed by atoms with Crippen molar-refractivity contribution < 1.29 is 28.5 Å². The molecule has 1 N–H and O–H groups in total. The van der Waals surface area contributed by atoms with Crippen LogP contribution in [0.3, 0.4) is 0 Å². The number of nitrogens with zero attached hydrogens (tertiary/aromatic N) is 1. The van der Waals surface area contributed by atoms with E-state index in [1.54, 1.807) is 21.0 Å². The lowest BCUT2D eigenvalue weighted by Crippen LogP contribution is -2.41. The molecular weight excluding hydrogens is 608 g/mol. The maximum Gasteiger partial charge on any atom is 0.330 e. The Kier molecular flexibility index (Phi) is 9.04. The van der Waals surface area contributed by atoms with E-state index >= 15 is 0 Å². The van der Waals surface area contributed by atoms with Gasteiger partial charge >= 0.3 is 5.69 Å². The molecule has 0 bridgehead atoms. The molecule has 0 saturated carbocycles. The van der Waals surface area contributed by atoms with Gasteiger partial charge < -0.3 is 23.7 Å². The summed E-state index contributed by atoms with van der Waals surface area (Å²) >= 11 is 1.12.